The molecule has 121 valence electrons. The van der Waals surface area contributed by atoms with Crippen LogP contribution >= 0.6 is 0 Å². The zero-order valence-corrected chi connectivity index (χ0v) is 12.0. The number of pyridine rings is 2. The lowest BCUT2D eigenvalue weighted by atomic mass is 10.1. The number of carbonyl (C=O) groups excluding carboxylic acids is 1. The monoisotopic (exact) mass is 332 g/mol. The lowest BCUT2D eigenvalue weighted by Crippen LogP contribution is -2.17. The summed E-state index contributed by atoms with van der Waals surface area (Å²) < 4.78 is 41.6. The minimum absolute atomic E-state index is 0.0367. The zero-order valence-electron chi connectivity index (χ0n) is 12.0. The van der Waals surface area contributed by atoms with Crippen molar-refractivity contribution in [3.8, 4) is 17.0 Å². The lowest BCUT2D eigenvalue weighted by molar-refractivity contribution is -0.274. The minimum atomic E-state index is -4.83. The summed E-state index contributed by atoms with van der Waals surface area (Å²) in [5.41, 5.74) is 5.55. The fraction of sp³-hybridized carbons (Fsp3) is 0.0625. The molecule has 0 aliphatic rings. The van der Waals surface area contributed by atoms with E-state index in [0.717, 1.165) is 0 Å². The molecular weight excluding hydrogens is 323 g/mol. The average molecular weight is 332 g/mol. The highest BCUT2D eigenvalue weighted by Gasteiger charge is 2.32. The van der Waals surface area contributed by atoms with Crippen LogP contribution in [0.2, 0.25) is 0 Å². The van der Waals surface area contributed by atoms with Crippen molar-refractivity contribution in [3.05, 3.63) is 54.5 Å². The molecule has 0 spiro atoms. The quantitative estimate of drug-likeness (QED) is 0.799. The molecule has 0 atom stereocenters. The molecule has 0 unspecified atom stereocenters. The first-order chi connectivity index (χ1) is 11.3. The molecule has 1 radical (unpaired) electrons. The second-order valence-electron chi connectivity index (χ2n) is 4.80. The number of halogens is 3. The van der Waals surface area contributed by atoms with Crippen LogP contribution in [-0.2, 0) is 0 Å². The van der Waals surface area contributed by atoms with Crippen LogP contribution in [0.3, 0.4) is 0 Å². The van der Waals surface area contributed by atoms with Crippen LogP contribution in [0.4, 0.5) is 13.2 Å². The Morgan fingerprint density at radius 2 is 2.00 bits per heavy atom. The maximum Gasteiger partial charge on any atom is 0.573 e. The summed E-state index contributed by atoms with van der Waals surface area (Å²) >= 11 is 0. The van der Waals surface area contributed by atoms with Gasteiger partial charge in [-0.1, -0.05) is 12.1 Å². The van der Waals surface area contributed by atoms with Crippen molar-refractivity contribution in [3.63, 3.8) is 0 Å². The standard InChI is InChI=1S/C16H9F3N3O2/c17-16(18,19)24-13-4-2-1-3-10(13)12-7-11-9(8-22-12)5-6-21-14(11)15(20)23/h1-5,7-8H,(H2,20,23). The highest BCUT2D eigenvalue weighted by Crippen LogP contribution is 2.33. The predicted octanol–water partition coefficient (Wildman–Crippen LogP) is 3.09. The van der Waals surface area contributed by atoms with Gasteiger partial charge in [0.1, 0.15) is 11.4 Å². The number of hydrogen-bond donors (Lipinski definition) is 1. The molecule has 2 N–H and O–H groups in total. The van der Waals surface area contributed by atoms with Crippen molar-refractivity contribution in [1.29, 1.82) is 0 Å². The first kappa shape index (κ1) is 15.7. The third kappa shape index (κ3) is 3.12. The number of ether oxygens (including phenoxy) is 1. The van der Waals surface area contributed by atoms with Crippen molar-refractivity contribution in [1.82, 2.24) is 9.97 Å². The van der Waals surface area contributed by atoms with E-state index in [1.54, 1.807) is 6.07 Å². The topological polar surface area (TPSA) is 78.1 Å². The third-order valence-electron chi connectivity index (χ3n) is 3.21. The van der Waals surface area contributed by atoms with Crippen LogP contribution in [0.5, 0.6) is 5.75 Å². The van der Waals surface area contributed by atoms with E-state index in [9.17, 15) is 18.0 Å². The number of aromatic nitrogens is 2. The van der Waals surface area contributed by atoms with Gasteiger partial charge in [-0.2, -0.15) is 0 Å². The molecule has 0 saturated heterocycles. The Balaban J connectivity index is 2.17. The summed E-state index contributed by atoms with van der Waals surface area (Å²) in [4.78, 5) is 19.4. The van der Waals surface area contributed by atoms with E-state index in [1.807, 2.05) is 0 Å². The molecule has 3 rings (SSSR count). The van der Waals surface area contributed by atoms with E-state index in [1.165, 1.54) is 36.5 Å². The van der Waals surface area contributed by atoms with Gasteiger partial charge >= 0.3 is 6.36 Å². The molecule has 0 aliphatic heterocycles. The van der Waals surface area contributed by atoms with Gasteiger partial charge in [0.15, 0.2) is 0 Å². The highest BCUT2D eigenvalue weighted by molar-refractivity contribution is 6.05. The summed E-state index contributed by atoms with van der Waals surface area (Å²) in [6.07, 6.45) is -0.906. The summed E-state index contributed by atoms with van der Waals surface area (Å²) in [6.45, 7) is 0. The van der Waals surface area contributed by atoms with E-state index in [0.29, 0.717) is 10.8 Å². The molecule has 0 aliphatic carbocycles. The van der Waals surface area contributed by atoms with Gasteiger partial charge in [0.05, 0.1) is 11.9 Å². The fourth-order valence-electron chi connectivity index (χ4n) is 2.24. The van der Waals surface area contributed by atoms with Crippen LogP contribution < -0.4 is 10.5 Å². The summed E-state index contributed by atoms with van der Waals surface area (Å²) in [7, 11) is 0. The normalized spacial score (nSPS) is 11.5. The summed E-state index contributed by atoms with van der Waals surface area (Å²) in [5.74, 6) is -1.17. The predicted molar refractivity (Wildman–Crippen MR) is 79.0 cm³/mol. The van der Waals surface area contributed by atoms with E-state index in [2.05, 4.69) is 20.9 Å². The second kappa shape index (κ2) is 5.80. The Bertz CT molecular complexity index is 926. The van der Waals surface area contributed by atoms with Crippen LogP contribution in [0.15, 0.2) is 42.6 Å². The Hall–Kier alpha value is -3.16. The van der Waals surface area contributed by atoms with Crippen LogP contribution in [0.1, 0.15) is 10.5 Å². The lowest BCUT2D eigenvalue weighted by Gasteiger charge is -2.13. The maximum atomic E-state index is 12.5. The summed E-state index contributed by atoms with van der Waals surface area (Å²) in [5, 5.41) is 0.907. The first-order valence-corrected chi connectivity index (χ1v) is 6.67. The number of para-hydroxylation sites is 1. The number of hydrogen-bond acceptors (Lipinski definition) is 4. The van der Waals surface area contributed by atoms with Gasteiger partial charge in [-0.25, -0.2) is 4.98 Å². The molecule has 24 heavy (non-hydrogen) atoms. The Morgan fingerprint density at radius 3 is 2.71 bits per heavy atom. The van der Waals surface area contributed by atoms with Crippen molar-refractivity contribution in [2.24, 2.45) is 5.73 Å². The molecule has 1 amide bonds. The molecule has 8 heteroatoms. The number of amides is 1. The average Bonchev–Trinajstić information content (AvgIpc) is 2.52. The SMILES string of the molecule is NC(=O)c1n[c]cc2cnc(-c3ccccc3OC(F)(F)F)cc12. The van der Waals surface area contributed by atoms with E-state index >= 15 is 0 Å². The zero-order chi connectivity index (χ0) is 17.3. The third-order valence-corrected chi connectivity index (χ3v) is 3.21. The van der Waals surface area contributed by atoms with Gasteiger partial charge in [-0.15, -0.1) is 13.2 Å². The van der Waals surface area contributed by atoms with Crippen LogP contribution in [-0.4, -0.2) is 22.2 Å². The number of nitrogens with zero attached hydrogens (tertiary/aromatic N) is 2. The second-order valence-corrected chi connectivity index (χ2v) is 4.80. The number of primary amides is 1. The van der Waals surface area contributed by atoms with E-state index in [-0.39, 0.29) is 17.0 Å². The number of benzene rings is 1. The molecule has 0 fully saturated rings. The van der Waals surface area contributed by atoms with Crippen molar-refractivity contribution in [2.75, 3.05) is 0 Å². The van der Waals surface area contributed by atoms with Crippen molar-refractivity contribution < 1.29 is 22.7 Å². The van der Waals surface area contributed by atoms with Gasteiger partial charge in [0.25, 0.3) is 5.91 Å². The molecule has 5 nitrogen and oxygen atoms in total. The molecule has 2 heterocycles. The van der Waals surface area contributed by atoms with Crippen molar-refractivity contribution in [2.45, 2.75) is 6.36 Å². The van der Waals surface area contributed by atoms with Gasteiger partial charge < -0.3 is 10.5 Å². The highest BCUT2D eigenvalue weighted by atomic mass is 19.4. The van der Waals surface area contributed by atoms with Gasteiger partial charge in [0, 0.05) is 22.5 Å². The minimum Gasteiger partial charge on any atom is -0.405 e. The fourth-order valence-corrected chi connectivity index (χ4v) is 2.24. The molecule has 3 aromatic rings. The van der Waals surface area contributed by atoms with E-state index in [4.69, 9.17) is 5.73 Å². The summed E-state index contributed by atoms with van der Waals surface area (Å²) in [6, 6.07) is 8.52. The van der Waals surface area contributed by atoms with Gasteiger partial charge in [-0.3, -0.25) is 9.78 Å². The molecule has 0 saturated carbocycles. The Labute approximate surface area is 133 Å². The number of nitrogens with two attached hydrogens (primary N) is 1. The van der Waals surface area contributed by atoms with Gasteiger partial charge in [-0.05, 0) is 24.3 Å². The number of alkyl halides is 3. The first-order valence-electron chi connectivity index (χ1n) is 6.67. The Kier molecular flexibility index (Phi) is 3.80. The van der Waals surface area contributed by atoms with E-state index < -0.39 is 18.0 Å². The smallest absolute Gasteiger partial charge is 0.405 e. The van der Waals surface area contributed by atoms with Crippen molar-refractivity contribution >= 4 is 16.7 Å². The molecule has 2 aromatic heterocycles. The van der Waals surface area contributed by atoms with Gasteiger partial charge in [0.2, 0.25) is 0 Å². The number of carbonyl (C=O) groups is 1. The largest absolute Gasteiger partial charge is 0.573 e. The van der Waals surface area contributed by atoms with Crippen LogP contribution in [0, 0.1) is 6.20 Å². The number of rotatable bonds is 3. The molecular formula is C16H9F3N3O2. The number of fused-ring (bicyclic) bond motifs is 1. The molecule has 1 aromatic carbocycles. The molecule has 0 bridgehead atoms. The maximum absolute atomic E-state index is 12.5. The van der Waals surface area contributed by atoms with Crippen LogP contribution in [0.25, 0.3) is 22.0 Å². The Morgan fingerprint density at radius 1 is 1.25 bits per heavy atom.